The number of rotatable bonds is 3. The number of carboxylic acid groups (broad SMARTS) is 1. The molecule has 2 unspecified atom stereocenters. The lowest BCUT2D eigenvalue weighted by molar-refractivity contribution is 0.0697. The summed E-state index contributed by atoms with van der Waals surface area (Å²) in [6.45, 7) is 4.81. The molecule has 2 aliphatic carbocycles. The van der Waals surface area contributed by atoms with Crippen LogP contribution in [0.5, 0.6) is 0 Å². The zero-order valence-corrected chi connectivity index (χ0v) is 14.2. The van der Waals surface area contributed by atoms with Gasteiger partial charge in [-0.1, -0.05) is 56.3 Å². The number of hydrogen-bond acceptors (Lipinski definition) is 1. The van der Waals surface area contributed by atoms with E-state index in [0.717, 1.165) is 5.56 Å². The lowest BCUT2D eigenvalue weighted by atomic mass is 9.77. The van der Waals surface area contributed by atoms with Crippen molar-refractivity contribution in [2.45, 2.75) is 43.9 Å². The number of fused-ring (bicyclic) bond motifs is 5. The van der Waals surface area contributed by atoms with Crippen LogP contribution in [0.4, 0.5) is 0 Å². The maximum atomic E-state index is 10.9. The highest BCUT2D eigenvalue weighted by molar-refractivity contribution is 5.88. The fourth-order valence-electron chi connectivity index (χ4n) is 4.67. The molecular formula is C22H22O2. The molecule has 2 aromatic carbocycles. The number of carboxylic acids is 1. The molecular weight excluding hydrogens is 296 g/mol. The van der Waals surface area contributed by atoms with Gasteiger partial charge in [-0.15, -0.1) is 0 Å². The van der Waals surface area contributed by atoms with Crippen LogP contribution in [-0.2, 0) is 10.8 Å². The summed E-state index contributed by atoms with van der Waals surface area (Å²) in [7, 11) is 0. The lowest BCUT2D eigenvalue weighted by Gasteiger charge is -2.27. The summed E-state index contributed by atoms with van der Waals surface area (Å²) in [4.78, 5) is 10.9. The fourth-order valence-corrected chi connectivity index (χ4v) is 4.67. The van der Waals surface area contributed by atoms with E-state index in [1.54, 1.807) is 17.7 Å². The van der Waals surface area contributed by atoms with Crippen molar-refractivity contribution in [3.63, 3.8) is 0 Å². The smallest absolute Gasteiger partial charge is 0.335 e. The third kappa shape index (κ3) is 2.29. The number of aromatic carboxylic acids is 1. The van der Waals surface area contributed by atoms with Crippen LogP contribution in [0.2, 0.25) is 0 Å². The lowest BCUT2D eigenvalue weighted by Crippen LogP contribution is -2.17. The van der Waals surface area contributed by atoms with Crippen LogP contribution in [0.15, 0.2) is 42.5 Å². The average molecular weight is 318 g/mol. The fraction of sp³-hybridized carbons (Fsp3) is 0.318. The van der Waals surface area contributed by atoms with Gasteiger partial charge in [-0.3, -0.25) is 0 Å². The first-order valence-electron chi connectivity index (χ1n) is 8.56. The highest BCUT2D eigenvalue weighted by atomic mass is 16.4. The normalized spacial score (nSPS) is 27.6. The Bertz CT molecular complexity index is 847. The molecule has 1 N–H and O–H groups in total. The van der Waals surface area contributed by atoms with Crippen LogP contribution in [0.25, 0.3) is 12.2 Å². The van der Waals surface area contributed by atoms with Gasteiger partial charge < -0.3 is 5.11 Å². The molecule has 0 aromatic heterocycles. The van der Waals surface area contributed by atoms with Crippen molar-refractivity contribution in [1.29, 1.82) is 0 Å². The average Bonchev–Trinajstić information content (AvgIpc) is 3.01. The van der Waals surface area contributed by atoms with Crippen LogP contribution in [0.1, 0.15) is 65.7 Å². The molecule has 2 heteroatoms. The molecule has 0 saturated heterocycles. The summed E-state index contributed by atoms with van der Waals surface area (Å²) < 4.78 is 0. The van der Waals surface area contributed by atoms with Crippen LogP contribution in [0.3, 0.4) is 0 Å². The second-order valence-electron chi connectivity index (χ2n) is 7.86. The van der Waals surface area contributed by atoms with Crippen LogP contribution in [0, 0.1) is 0 Å². The largest absolute Gasteiger partial charge is 0.478 e. The van der Waals surface area contributed by atoms with Crippen molar-refractivity contribution < 1.29 is 9.90 Å². The number of hydrogen-bond donors (Lipinski definition) is 1. The third-order valence-electron chi connectivity index (χ3n) is 5.98. The van der Waals surface area contributed by atoms with Crippen molar-refractivity contribution in [3.05, 3.63) is 70.3 Å². The molecule has 1 fully saturated rings. The Balaban J connectivity index is 1.62. The van der Waals surface area contributed by atoms with Gasteiger partial charge in [0.1, 0.15) is 0 Å². The molecule has 2 bridgehead atoms. The summed E-state index contributed by atoms with van der Waals surface area (Å²) in [5, 5.41) is 8.95. The van der Waals surface area contributed by atoms with Crippen molar-refractivity contribution in [2.75, 3.05) is 0 Å². The minimum absolute atomic E-state index is 0.321. The maximum absolute atomic E-state index is 10.9. The second-order valence-corrected chi connectivity index (χ2v) is 7.86. The van der Waals surface area contributed by atoms with Crippen molar-refractivity contribution in [2.24, 2.45) is 0 Å². The van der Waals surface area contributed by atoms with Gasteiger partial charge in [0.2, 0.25) is 0 Å². The first-order valence-corrected chi connectivity index (χ1v) is 8.56. The zero-order chi connectivity index (χ0) is 16.9. The van der Waals surface area contributed by atoms with Gasteiger partial charge in [-0.05, 0) is 64.5 Å². The van der Waals surface area contributed by atoms with Crippen LogP contribution >= 0.6 is 0 Å². The van der Waals surface area contributed by atoms with E-state index in [2.05, 4.69) is 38.1 Å². The number of carbonyl (C=O) groups is 1. The standard InChI is InChI=1S/C22H22O2/c1-21-11-12-22(2,14-21)19-13-16(7-10-18(19)21)4-3-15-5-8-17(9-6-15)20(23)24/h3-10,13H,11-12,14H2,1-2H3,(H,23,24)/b4-3+. The molecule has 0 spiro atoms. The highest BCUT2D eigenvalue weighted by Crippen LogP contribution is 2.60. The predicted molar refractivity (Wildman–Crippen MR) is 97.3 cm³/mol. The van der Waals surface area contributed by atoms with E-state index in [0.29, 0.717) is 16.4 Å². The second kappa shape index (κ2) is 5.07. The van der Waals surface area contributed by atoms with Gasteiger partial charge in [-0.25, -0.2) is 4.79 Å². The van der Waals surface area contributed by atoms with Crippen molar-refractivity contribution >= 4 is 18.1 Å². The Labute approximate surface area is 142 Å². The minimum Gasteiger partial charge on any atom is -0.478 e. The molecule has 0 radical (unpaired) electrons. The van der Waals surface area contributed by atoms with Gasteiger partial charge in [0.15, 0.2) is 0 Å². The Morgan fingerprint density at radius 3 is 2.17 bits per heavy atom. The summed E-state index contributed by atoms with van der Waals surface area (Å²) in [5.41, 5.74) is 6.34. The van der Waals surface area contributed by atoms with E-state index < -0.39 is 5.97 Å². The molecule has 1 saturated carbocycles. The van der Waals surface area contributed by atoms with E-state index >= 15 is 0 Å². The first-order chi connectivity index (χ1) is 11.4. The number of benzene rings is 2. The monoisotopic (exact) mass is 318 g/mol. The molecule has 2 aromatic rings. The van der Waals surface area contributed by atoms with E-state index in [1.165, 1.54) is 30.4 Å². The van der Waals surface area contributed by atoms with Crippen molar-refractivity contribution in [3.8, 4) is 0 Å². The van der Waals surface area contributed by atoms with Gasteiger partial charge in [-0.2, -0.15) is 0 Å². The SMILES string of the molecule is CC12CCC(C)(C1)c1cc(/C=C/c3ccc(C(=O)O)cc3)ccc12. The van der Waals surface area contributed by atoms with Gasteiger partial charge in [0, 0.05) is 0 Å². The summed E-state index contributed by atoms with van der Waals surface area (Å²) in [5.74, 6) is -0.888. The Morgan fingerprint density at radius 2 is 1.50 bits per heavy atom. The van der Waals surface area contributed by atoms with Crippen LogP contribution < -0.4 is 0 Å². The molecule has 2 atom stereocenters. The highest BCUT2D eigenvalue weighted by Gasteiger charge is 2.52. The van der Waals surface area contributed by atoms with Gasteiger partial charge >= 0.3 is 5.97 Å². The Kier molecular flexibility index (Phi) is 3.21. The molecule has 24 heavy (non-hydrogen) atoms. The van der Waals surface area contributed by atoms with E-state index in [9.17, 15) is 4.79 Å². The topological polar surface area (TPSA) is 37.3 Å². The first kappa shape index (κ1) is 15.2. The summed E-state index contributed by atoms with van der Waals surface area (Å²) in [6.07, 6.45) is 8.04. The molecule has 2 nitrogen and oxygen atoms in total. The Hall–Kier alpha value is -2.35. The van der Waals surface area contributed by atoms with E-state index in [4.69, 9.17) is 5.11 Å². The van der Waals surface area contributed by atoms with E-state index in [1.807, 2.05) is 18.2 Å². The van der Waals surface area contributed by atoms with Gasteiger partial charge in [0.05, 0.1) is 5.56 Å². The predicted octanol–water partition coefficient (Wildman–Crippen LogP) is 5.27. The quantitative estimate of drug-likeness (QED) is 0.783. The molecule has 2 aliphatic rings. The molecule has 4 rings (SSSR count). The maximum Gasteiger partial charge on any atom is 0.335 e. The van der Waals surface area contributed by atoms with Crippen molar-refractivity contribution in [1.82, 2.24) is 0 Å². The van der Waals surface area contributed by atoms with Crippen LogP contribution in [-0.4, -0.2) is 11.1 Å². The summed E-state index contributed by atoms with van der Waals surface area (Å²) >= 11 is 0. The van der Waals surface area contributed by atoms with E-state index in [-0.39, 0.29) is 0 Å². The molecule has 0 amide bonds. The Morgan fingerprint density at radius 1 is 0.917 bits per heavy atom. The molecule has 0 heterocycles. The zero-order valence-electron chi connectivity index (χ0n) is 14.2. The summed E-state index contributed by atoms with van der Waals surface area (Å²) in [6, 6.07) is 13.8. The minimum atomic E-state index is -0.888. The molecule has 0 aliphatic heterocycles. The van der Waals surface area contributed by atoms with Gasteiger partial charge in [0.25, 0.3) is 0 Å². The third-order valence-corrected chi connectivity index (χ3v) is 5.98. The molecule has 122 valence electrons.